The standard InChI is InChI=1S/C20H14BrN3O3S/c1-11-3-5-13(6-4-11)18-22-20-24(23-18)19(26)17(28-20)10-14-9-15(21)7-8-16(14)27-12(2)25/h3-10H,1-2H3. The zero-order valence-corrected chi connectivity index (χ0v) is 17.4. The number of benzene rings is 2. The summed E-state index contributed by atoms with van der Waals surface area (Å²) in [5.41, 5.74) is 2.35. The molecule has 0 N–H and O–H groups in total. The van der Waals surface area contributed by atoms with Gasteiger partial charge >= 0.3 is 5.97 Å². The van der Waals surface area contributed by atoms with Crippen LogP contribution >= 0.6 is 27.3 Å². The lowest BCUT2D eigenvalue weighted by atomic mass is 10.1. The van der Waals surface area contributed by atoms with E-state index in [1.807, 2.05) is 31.2 Å². The Kier molecular flexibility index (Phi) is 4.82. The molecule has 0 aliphatic carbocycles. The van der Waals surface area contributed by atoms with Crippen molar-refractivity contribution in [3.63, 3.8) is 0 Å². The summed E-state index contributed by atoms with van der Waals surface area (Å²) >= 11 is 4.63. The quantitative estimate of drug-likeness (QED) is 0.349. The average Bonchev–Trinajstić information content (AvgIpc) is 3.18. The van der Waals surface area contributed by atoms with E-state index in [0.29, 0.717) is 26.6 Å². The molecule has 0 aliphatic rings. The number of carbonyl (C=O) groups excluding carboxylic acids is 1. The van der Waals surface area contributed by atoms with Crippen molar-refractivity contribution >= 4 is 44.3 Å². The van der Waals surface area contributed by atoms with E-state index in [2.05, 4.69) is 26.0 Å². The number of aromatic nitrogens is 3. The van der Waals surface area contributed by atoms with Gasteiger partial charge in [0.1, 0.15) is 5.75 Å². The maximum absolute atomic E-state index is 12.8. The number of esters is 1. The molecule has 0 bridgehead atoms. The molecule has 0 fully saturated rings. The van der Waals surface area contributed by atoms with E-state index in [4.69, 9.17) is 4.74 Å². The second kappa shape index (κ2) is 7.29. The van der Waals surface area contributed by atoms with E-state index >= 15 is 0 Å². The van der Waals surface area contributed by atoms with E-state index in [9.17, 15) is 9.59 Å². The van der Waals surface area contributed by atoms with Crippen LogP contribution in [0, 0.1) is 6.92 Å². The summed E-state index contributed by atoms with van der Waals surface area (Å²) in [7, 11) is 0. The van der Waals surface area contributed by atoms with Gasteiger partial charge in [0.15, 0.2) is 5.82 Å². The highest BCUT2D eigenvalue weighted by Crippen LogP contribution is 2.24. The Morgan fingerprint density at radius 3 is 2.64 bits per heavy atom. The van der Waals surface area contributed by atoms with Gasteiger partial charge in [-0.2, -0.15) is 9.50 Å². The summed E-state index contributed by atoms with van der Waals surface area (Å²) in [5.74, 6) is 0.470. The van der Waals surface area contributed by atoms with Crippen LogP contribution in [0.3, 0.4) is 0 Å². The van der Waals surface area contributed by atoms with Crippen molar-refractivity contribution in [3.8, 4) is 17.1 Å². The van der Waals surface area contributed by atoms with Crippen LogP contribution in [0.5, 0.6) is 5.75 Å². The smallest absolute Gasteiger partial charge is 0.308 e. The maximum Gasteiger partial charge on any atom is 0.308 e. The molecule has 0 spiro atoms. The molecule has 0 amide bonds. The van der Waals surface area contributed by atoms with Gasteiger partial charge in [-0.05, 0) is 31.2 Å². The zero-order chi connectivity index (χ0) is 19.8. The van der Waals surface area contributed by atoms with Crippen LogP contribution in [0.1, 0.15) is 18.1 Å². The van der Waals surface area contributed by atoms with Crippen molar-refractivity contribution in [1.82, 2.24) is 14.6 Å². The Hall–Kier alpha value is -2.84. The Bertz CT molecular complexity index is 1310. The summed E-state index contributed by atoms with van der Waals surface area (Å²) in [4.78, 5) is 29.1. The van der Waals surface area contributed by atoms with Crippen LogP contribution < -0.4 is 14.8 Å². The van der Waals surface area contributed by atoms with E-state index in [1.54, 1.807) is 24.3 Å². The van der Waals surface area contributed by atoms with Crippen molar-refractivity contribution in [1.29, 1.82) is 0 Å². The van der Waals surface area contributed by atoms with Gasteiger partial charge in [0.05, 0.1) is 4.53 Å². The fourth-order valence-corrected chi connectivity index (χ4v) is 3.96. The largest absolute Gasteiger partial charge is 0.426 e. The van der Waals surface area contributed by atoms with Gasteiger partial charge in [0, 0.05) is 22.5 Å². The predicted octanol–water partition coefficient (Wildman–Crippen LogP) is 3.36. The summed E-state index contributed by atoms with van der Waals surface area (Å²) in [6.45, 7) is 3.34. The summed E-state index contributed by atoms with van der Waals surface area (Å²) in [5, 5.41) is 4.35. The number of thiazole rings is 1. The molecule has 4 rings (SSSR count). The highest BCUT2D eigenvalue weighted by Gasteiger charge is 2.13. The monoisotopic (exact) mass is 455 g/mol. The van der Waals surface area contributed by atoms with Gasteiger partial charge in [-0.25, -0.2) is 0 Å². The van der Waals surface area contributed by atoms with E-state index in [0.717, 1.165) is 15.6 Å². The molecule has 2 heterocycles. The van der Waals surface area contributed by atoms with Gasteiger partial charge in [-0.3, -0.25) is 9.59 Å². The van der Waals surface area contributed by atoms with Gasteiger partial charge < -0.3 is 4.74 Å². The number of hydrogen-bond acceptors (Lipinski definition) is 6. The molecule has 0 saturated heterocycles. The van der Waals surface area contributed by atoms with Crippen LogP contribution in [0.4, 0.5) is 0 Å². The number of carbonyl (C=O) groups is 1. The minimum Gasteiger partial charge on any atom is -0.426 e. The highest BCUT2D eigenvalue weighted by molar-refractivity contribution is 9.10. The van der Waals surface area contributed by atoms with Crippen molar-refractivity contribution in [3.05, 3.63) is 73.0 Å². The molecule has 0 saturated carbocycles. The number of ether oxygens (including phenoxy) is 1. The number of hydrogen-bond donors (Lipinski definition) is 0. The van der Waals surface area contributed by atoms with Crippen LogP contribution in [-0.4, -0.2) is 20.6 Å². The Morgan fingerprint density at radius 1 is 1.21 bits per heavy atom. The Labute approximate surface area is 172 Å². The molecule has 6 nitrogen and oxygen atoms in total. The SMILES string of the molecule is CC(=O)Oc1ccc(Br)cc1C=c1sc2nc(-c3ccc(C)cc3)nn2c1=O. The van der Waals surface area contributed by atoms with Crippen molar-refractivity contribution in [2.24, 2.45) is 0 Å². The number of halogens is 1. The van der Waals surface area contributed by atoms with Gasteiger partial charge in [-0.15, -0.1) is 5.10 Å². The fourth-order valence-electron chi connectivity index (χ4n) is 2.68. The molecule has 8 heteroatoms. The lowest BCUT2D eigenvalue weighted by Gasteiger charge is -2.05. The molecule has 0 unspecified atom stereocenters. The number of rotatable bonds is 3. The summed E-state index contributed by atoms with van der Waals surface area (Å²) in [6.07, 6.45) is 1.68. The first-order chi connectivity index (χ1) is 13.4. The van der Waals surface area contributed by atoms with Gasteiger partial charge in [0.25, 0.3) is 5.56 Å². The lowest BCUT2D eigenvalue weighted by molar-refractivity contribution is -0.131. The first-order valence-electron chi connectivity index (χ1n) is 8.37. The van der Waals surface area contributed by atoms with E-state index in [1.165, 1.54) is 22.8 Å². The number of aryl methyl sites for hydroxylation is 1. The molecular weight excluding hydrogens is 442 g/mol. The second-order valence-electron chi connectivity index (χ2n) is 6.19. The summed E-state index contributed by atoms with van der Waals surface area (Å²) < 4.78 is 7.79. The predicted molar refractivity (Wildman–Crippen MR) is 112 cm³/mol. The van der Waals surface area contributed by atoms with Crippen LogP contribution in [0.2, 0.25) is 0 Å². The van der Waals surface area contributed by atoms with Crippen LogP contribution in [-0.2, 0) is 4.79 Å². The van der Waals surface area contributed by atoms with E-state index in [-0.39, 0.29) is 5.56 Å². The van der Waals surface area contributed by atoms with Crippen LogP contribution in [0.25, 0.3) is 22.4 Å². The Balaban J connectivity index is 1.81. The first-order valence-corrected chi connectivity index (χ1v) is 9.98. The fraction of sp³-hybridized carbons (Fsp3) is 0.100. The van der Waals surface area contributed by atoms with Crippen LogP contribution in [0.15, 0.2) is 51.7 Å². The molecule has 0 aliphatic heterocycles. The molecule has 28 heavy (non-hydrogen) atoms. The van der Waals surface area contributed by atoms with Gasteiger partial charge in [0.2, 0.25) is 4.96 Å². The molecule has 0 atom stereocenters. The molecule has 2 aromatic carbocycles. The topological polar surface area (TPSA) is 73.6 Å². The minimum atomic E-state index is -0.426. The zero-order valence-electron chi connectivity index (χ0n) is 15.0. The molecule has 0 radical (unpaired) electrons. The molecule has 2 aromatic heterocycles. The van der Waals surface area contributed by atoms with E-state index < -0.39 is 5.97 Å². The molecule has 140 valence electrons. The maximum atomic E-state index is 12.8. The third-order valence-electron chi connectivity index (χ3n) is 4.00. The Morgan fingerprint density at radius 2 is 1.96 bits per heavy atom. The first kappa shape index (κ1) is 18.5. The minimum absolute atomic E-state index is 0.264. The van der Waals surface area contributed by atoms with Crippen molar-refractivity contribution in [2.45, 2.75) is 13.8 Å². The third-order valence-corrected chi connectivity index (χ3v) is 5.46. The van der Waals surface area contributed by atoms with Crippen molar-refractivity contribution < 1.29 is 9.53 Å². The normalized spacial score (nSPS) is 11.9. The number of fused-ring (bicyclic) bond motifs is 1. The van der Waals surface area contributed by atoms with Crippen molar-refractivity contribution in [2.75, 3.05) is 0 Å². The summed E-state index contributed by atoms with van der Waals surface area (Å²) in [6, 6.07) is 13.0. The lowest BCUT2D eigenvalue weighted by Crippen LogP contribution is -2.23. The second-order valence-corrected chi connectivity index (χ2v) is 8.11. The molecule has 4 aromatic rings. The molecular formula is C20H14BrN3O3S. The van der Waals surface area contributed by atoms with Gasteiger partial charge in [-0.1, -0.05) is 57.1 Å². The third kappa shape index (κ3) is 3.61. The number of nitrogens with zero attached hydrogens (tertiary/aromatic N) is 3. The highest BCUT2D eigenvalue weighted by atomic mass is 79.9. The average molecular weight is 456 g/mol.